The minimum absolute atomic E-state index is 0.0329. The van der Waals surface area contributed by atoms with E-state index in [2.05, 4.69) is 5.32 Å². The van der Waals surface area contributed by atoms with Gasteiger partial charge in [0.05, 0.1) is 15.1 Å². The minimum atomic E-state index is -6.03. The topological polar surface area (TPSA) is 58.2 Å². The molecule has 2 aromatic rings. The molecule has 1 aliphatic rings. The van der Waals surface area contributed by atoms with Gasteiger partial charge in [-0.15, -0.1) is 0 Å². The number of benzene rings is 2. The predicted molar refractivity (Wildman–Crippen MR) is 135 cm³/mol. The third kappa shape index (κ3) is 7.31. The van der Waals surface area contributed by atoms with Gasteiger partial charge in [0.2, 0.25) is 0 Å². The van der Waals surface area contributed by atoms with Crippen LogP contribution in [-0.2, 0) is 4.79 Å². The molecule has 0 aliphatic heterocycles. The van der Waals surface area contributed by atoms with E-state index in [1.54, 1.807) is 5.32 Å². The van der Waals surface area contributed by atoms with Gasteiger partial charge in [0.25, 0.3) is 0 Å². The summed E-state index contributed by atoms with van der Waals surface area (Å²) in [5.74, 6) is -5.43. The third-order valence-electron chi connectivity index (χ3n) is 5.76. The van der Waals surface area contributed by atoms with Crippen molar-refractivity contribution in [3.63, 3.8) is 0 Å². The number of nitrogens with one attached hydrogen (secondary N) is 2. The van der Waals surface area contributed by atoms with Crippen LogP contribution in [0.15, 0.2) is 36.4 Å². The summed E-state index contributed by atoms with van der Waals surface area (Å²) in [6.07, 6.45) is -5.74. The van der Waals surface area contributed by atoms with Crippen LogP contribution in [0.25, 0.3) is 5.83 Å². The second kappa shape index (κ2) is 11.2. The van der Waals surface area contributed by atoms with Crippen molar-refractivity contribution in [1.82, 2.24) is 10.6 Å². The van der Waals surface area contributed by atoms with Crippen molar-refractivity contribution in [3.8, 4) is 0 Å². The second-order valence-electron chi connectivity index (χ2n) is 8.70. The Morgan fingerprint density at radius 3 is 2.13 bits per heavy atom. The third-order valence-corrected chi connectivity index (χ3v) is 7.54. The fourth-order valence-corrected chi connectivity index (χ4v) is 4.59. The molecule has 2 N–H and O–H groups in total. The summed E-state index contributed by atoms with van der Waals surface area (Å²) < 4.78 is 93.9. The Hall–Kier alpha value is -2.07. The Labute approximate surface area is 228 Å². The second-order valence-corrected chi connectivity index (χ2v) is 11.5. The van der Waals surface area contributed by atoms with Gasteiger partial charge in [0, 0.05) is 0 Å². The Morgan fingerprint density at radius 1 is 1.08 bits per heavy atom. The van der Waals surface area contributed by atoms with Crippen LogP contribution in [0.4, 0.5) is 30.2 Å². The molecule has 3 rings (SSSR count). The molecule has 0 heterocycles. The summed E-state index contributed by atoms with van der Waals surface area (Å²) in [6.45, 7) is 1.39. The van der Waals surface area contributed by atoms with Crippen LogP contribution in [-0.4, -0.2) is 29.8 Å². The van der Waals surface area contributed by atoms with Gasteiger partial charge in [-0.05, 0) is 17.7 Å². The van der Waals surface area contributed by atoms with Crippen molar-refractivity contribution in [2.24, 2.45) is 0 Å². The fraction of sp³-hybridized carbons (Fsp3) is 0.304. The molecule has 0 radical (unpaired) electrons. The standard InChI is InChI=1S/C23H19Cl3F7N2O2P/c1-11-6-12(18(27)9-15(23(28,29)30)13-7-16(24)19(26)17(25)8-13)2-3-14(11)20(36)35-22(4-5-22)21(37)34-10-38(31,32)33/h2-3,6-9,15,38H,4-5,10H2,1H3,(H,34,37)(H,35,36)/b18-9-. The van der Waals surface area contributed by atoms with E-state index >= 15 is 0 Å². The van der Waals surface area contributed by atoms with E-state index < -0.39 is 55.3 Å². The van der Waals surface area contributed by atoms with E-state index in [1.165, 1.54) is 6.92 Å². The summed E-state index contributed by atoms with van der Waals surface area (Å²) in [5.41, 5.74) is -2.07. The molecule has 1 fully saturated rings. The van der Waals surface area contributed by atoms with E-state index in [0.717, 1.165) is 30.3 Å². The molecule has 0 saturated heterocycles. The molecule has 15 heteroatoms. The number of hydrogen-bond donors (Lipinski definition) is 2. The Bertz CT molecular complexity index is 1270. The van der Waals surface area contributed by atoms with Gasteiger partial charge in [0.15, 0.2) is 0 Å². The van der Waals surface area contributed by atoms with Crippen LogP contribution >= 0.6 is 43.0 Å². The van der Waals surface area contributed by atoms with Gasteiger partial charge in [0.1, 0.15) is 5.92 Å². The number of alkyl halides is 3. The normalized spacial score (nSPS) is 16.6. The molecule has 0 aromatic heterocycles. The van der Waals surface area contributed by atoms with Crippen LogP contribution < -0.4 is 10.6 Å². The van der Waals surface area contributed by atoms with E-state index in [1.807, 2.05) is 0 Å². The SMILES string of the molecule is Cc1cc(/C(F)=C/C(c2cc(Cl)c(Cl)c(Cl)c2)C(F)(F)F)ccc1C(=O)NC1(C(=O)NC[PH](F)(F)F)CC1. The van der Waals surface area contributed by atoms with Crippen molar-refractivity contribution in [1.29, 1.82) is 0 Å². The maximum absolute atomic E-state index is 15.0. The van der Waals surface area contributed by atoms with Gasteiger partial charge < -0.3 is 0 Å². The zero-order valence-corrected chi connectivity index (χ0v) is 22.5. The van der Waals surface area contributed by atoms with Crippen LogP contribution in [0.1, 0.15) is 45.8 Å². The molecule has 2 aromatic carbocycles. The molecule has 1 saturated carbocycles. The number of amides is 2. The van der Waals surface area contributed by atoms with Crippen molar-refractivity contribution in [2.45, 2.75) is 37.4 Å². The first kappa shape index (κ1) is 30.5. The summed E-state index contributed by atoms with van der Waals surface area (Å²) in [5, 5.41) is 3.55. The van der Waals surface area contributed by atoms with Crippen LogP contribution in [0.3, 0.4) is 0 Å². The Kier molecular flexibility index (Phi) is 8.98. The number of allylic oxidation sites excluding steroid dienone is 1. The van der Waals surface area contributed by atoms with Crippen molar-refractivity contribution < 1.29 is 39.7 Å². The molecule has 2 amide bonds. The average Bonchev–Trinajstić information content (AvgIpc) is 3.58. The van der Waals surface area contributed by atoms with Gasteiger partial charge in [-0.3, -0.25) is 0 Å². The summed E-state index contributed by atoms with van der Waals surface area (Å²) in [4.78, 5) is 24.8. The summed E-state index contributed by atoms with van der Waals surface area (Å²) >= 11 is 17.5. The summed E-state index contributed by atoms with van der Waals surface area (Å²) in [6, 6.07) is 5.19. The van der Waals surface area contributed by atoms with Crippen molar-refractivity contribution >= 4 is 60.6 Å². The molecule has 0 bridgehead atoms. The molecule has 1 aliphatic carbocycles. The predicted octanol–water partition coefficient (Wildman–Crippen LogP) is 8.35. The number of rotatable bonds is 8. The quantitative estimate of drug-likeness (QED) is 0.176. The van der Waals surface area contributed by atoms with E-state index in [4.69, 9.17) is 34.8 Å². The molecule has 0 spiro atoms. The first-order chi connectivity index (χ1) is 17.4. The number of carbonyl (C=O) groups excluding carboxylic acids is 2. The molecule has 4 nitrogen and oxygen atoms in total. The van der Waals surface area contributed by atoms with Crippen LogP contribution in [0.2, 0.25) is 15.1 Å². The zero-order chi connectivity index (χ0) is 28.6. The first-order valence-corrected chi connectivity index (χ1v) is 13.8. The Balaban J connectivity index is 1.82. The average molecular weight is 626 g/mol. The van der Waals surface area contributed by atoms with E-state index in [9.17, 15) is 39.7 Å². The van der Waals surface area contributed by atoms with Crippen molar-refractivity contribution in [2.75, 3.05) is 6.29 Å². The van der Waals surface area contributed by atoms with E-state index in [0.29, 0.717) is 6.08 Å². The van der Waals surface area contributed by atoms with Gasteiger partial charge in [-0.25, -0.2) is 0 Å². The van der Waals surface area contributed by atoms with Gasteiger partial charge >= 0.3 is 142 Å². The first-order valence-electron chi connectivity index (χ1n) is 10.8. The zero-order valence-electron chi connectivity index (χ0n) is 19.3. The molecule has 1 atom stereocenters. The number of aryl methyl sites for hydroxylation is 1. The monoisotopic (exact) mass is 624 g/mol. The van der Waals surface area contributed by atoms with Gasteiger partial charge in [-0.2, -0.15) is 13.2 Å². The maximum atomic E-state index is 15.0. The number of carbonyl (C=O) groups is 2. The van der Waals surface area contributed by atoms with Crippen LogP contribution in [0.5, 0.6) is 0 Å². The van der Waals surface area contributed by atoms with E-state index in [-0.39, 0.29) is 44.6 Å². The molecular formula is C23H19Cl3F7N2O2P. The molecular weight excluding hydrogens is 607 g/mol. The molecule has 1 unspecified atom stereocenters. The number of hydrogen-bond acceptors (Lipinski definition) is 2. The Morgan fingerprint density at radius 2 is 1.66 bits per heavy atom. The molecule has 208 valence electrons. The van der Waals surface area contributed by atoms with Crippen molar-refractivity contribution in [3.05, 3.63) is 73.7 Å². The summed E-state index contributed by atoms with van der Waals surface area (Å²) in [7, 11) is -6.03. The number of halogens is 10. The molecule has 38 heavy (non-hydrogen) atoms. The fourth-order valence-electron chi connectivity index (χ4n) is 3.61. The van der Waals surface area contributed by atoms with Crippen LogP contribution in [0, 0.1) is 6.92 Å². The van der Waals surface area contributed by atoms with Gasteiger partial charge in [-0.1, -0.05) is 34.8 Å².